The highest BCUT2D eigenvalue weighted by atomic mass is 35.5. The monoisotopic (exact) mass is 225 g/mol. The van der Waals surface area contributed by atoms with Crippen molar-refractivity contribution < 1.29 is 4.39 Å². The number of rotatable bonds is 1. The Morgan fingerprint density at radius 2 is 2.20 bits per heavy atom. The molecule has 0 atom stereocenters. The fourth-order valence-corrected chi connectivity index (χ4v) is 1.99. The Morgan fingerprint density at radius 3 is 2.87 bits per heavy atom. The molecule has 1 saturated carbocycles. The Hall–Kier alpha value is -1.16. The van der Waals surface area contributed by atoms with E-state index in [1.54, 1.807) is 6.07 Å². The van der Waals surface area contributed by atoms with Crippen molar-refractivity contribution in [2.75, 3.05) is 0 Å². The lowest BCUT2D eigenvalue weighted by atomic mass is 9.93. The molecule has 0 saturated heterocycles. The lowest BCUT2D eigenvalue weighted by molar-refractivity contribution is 0.292. The fourth-order valence-electron chi connectivity index (χ4n) is 1.83. The Kier molecular flexibility index (Phi) is 1.92. The molecule has 3 nitrogen and oxygen atoms in total. The van der Waals surface area contributed by atoms with E-state index in [1.807, 2.05) is 4.68 Å². The number of hydrogen-bond acceptors (Lipinski definition) is 2. The molecule has 0 unspecified atom stereocenters. The average Bonchev–Trinajstić information content (AvgIpc) is 2.48. The lowest BCUT2D eigenvalue weighted by Gasteiger charge is -2.25. The summed E-state index contributed by atoms with van der Waals surface area (Å²) >= 11 is 5.74. The van der Waals surface area contributed by atoms with Gasteiger partial charge < -0.3 is 0 Å². The smallest absolute Gasteiger partial charge is 0.144 e. The van der Waals surface area contributed by atoms with Crippen LogP contribution in [0.3, 0.4) is 0 Å². The van der Waals surface area contributed by atoms with Crippen molar-refractivity contribution >= 4 is 22.6 Å². The van der Waals surface area contributed by atoms with Gasteiger partial charge in [-0.05, 0) is 25.3 Å². The van der Waals surface area contributed by atoms with Gasteiger partial charge >= 0.3 is 0 Å². The molecule has 0 bridgehead atoms. The van der Waals surface area contributed by atoms with Crippen LogP contribution in [0.5, 0.6) is 0 Å². The van der Waals surface area contributed by atoms with Crippen molar-refractivity contribution in [3.05, 3.63) is 23.0 Å². The first-order chi connectivity index (χ1) is 7.25. The number of hydrogen-bond donors (Lipinski definition) is 0. The molecule has 0 amide bonds. The van der Waals surface area contributed by atoms with Crippen LogP contribution < -0.4 is 0 Å². The first-order valence-electron chi connectivity index (χ1n) is 4.95. The van der Waals surface area contributed by atoms with Crippen molar-refractivity contribution in [1.82, 2.24) is 15.0 Å². The molecule has 78 valence electrons. The van der Waals surface area contributed by atoms with Gasteiger partial charge in [0, 0.05) is 6.07 Å². The fraction of sp³-hybridized carbons (Fsp3) is 0.400. The number of halogens is 2. The molecule has 5 heteroatoms. The second-order valence-electron chi connectivity index (χ2n) is 3.87. The molecule has 0 aliphatic heterocycles. The zero-order chi connectivity index (χ0) is 10.4. The van der Waals surface area contributed by atoms with Crippen molar-refractivity contribution in [1.29, 1.82) is 0 Å². The Morgan fingerprint density at radius 1 is 1.40 bits per heavy atom. The predicted octanol–water partition coefficient (Wildman–Crippen LogP) is 2.95. The van der Waals surface area contributed by atoms with E-state index in [0.717, 1.165) is 18.4 Å². The molecule has 1 heterocycles. The average molecular weight is 226 g/mol. The maximum Gasteiger partial charge on any atom is 0.144 e. The molecule has 1 aromatic heterocycles. The highest BCUT2D eigenvalue weighted by Gasteiger charge is 2.22. The van der Waals surface area contributed by atoms with Crippen LogP contribution in [-0.4, -0.2) is 15.0 Å². The second kappa shape index (κ2) is 3.17. The van der Waals surface area contributed by atoms with Crippen molar-refractivity contribution in [3.63, 3.8) is 0 Å². The molecule has 1 fully saturated rings. The first kappa shape index (κ1) is 9.09. The highest BCUT2D eigenvalue weighted by Crippen LogP contribution is 2.33. The second-order valence-corrected chi connectivity index (χ2v) is 4.28. The number of nitrogens with zero attached hydrogens (tertiary/aromatic N) is 3. The van der Waals surface area contributed by atoms with E-state index in [1.165, 1.54) is 12.5 Å². The third-order valence-corrected chi connectivity index (χ3v) is 3.22. The molecule has 1 aromatic carbocycles. The summed E-state index contributed by atoms with van der Waals surface area (Å²) < 4.78 is 15.0. The number of fused-ring (bicyclic) bond motifs is 1. The van der Waals surface area contributed by atoms with Gasteiger partial charge in [0.1, 0.15) is 11.3 Å². The van der Waals surface area contributed by atoms with E-state index in [-0.39, 0.29) is 5.02 Å². The normalized spacial score (nSPS) is 16.9. The van der Waals surface area contributed by atoms with Crippen LogP contribution in [0.15, 0.2) is 12.1 Å². The molecule has 0 spiro atoms. The van der Waals surface area contributed by atoms with E-state index >= 15 is 0 Å². The Balaban J connectivity index is 2.19. The third kappa shape index (κ3) is 1.32. The van der Waals surface area contributed by atoms with Crippen LogP contribution in [0, 0.1) is 5.82 Å². The maximum absolute atomic E-state index is 13.1. The Labute approximate surface area is 90.8 Å². The molecular weight excluding hydrogens is 217 g/mol. The summed E-state index contributed by atoms with van der Waals surface area (Å²) in [4.78, 5) is 0. The molecule has 0 radical (unpaired) electrons. The minimum atomic E-state index is -0.440. The van der Waals surface area contributed by atoms with Crippen LogP contribution in [0.1, 0.15) is 25.3 Å². The zero-order valence-electron chi connectivity index (χ0n) is 7.95. The summed E-state index contributed by atoms with van der Waals surface area (Å²) in [6, 6.07) is 3.35. The van der Waals surface area contributed by atoms with Crippen LogP contribution in [0.4, 0.5) is 4.39 Å². The third-order valence-electron chi connectivity index (χ3n) is 2.93. The molecule has 3 rings (SSSR count). The van der Waals surface area contributed by atoms with Gasteiger partial charge in [-0.2, -0.15) is 0 Å². The van der Waals surface area contributed by atoms with Crippen LogP contribution in [-0.2, 0) is 0 Å². The largest absolute Gasteiger partial charge is 0.242 e. The summed E-state index contributed by atoms with van der Waals surface area (Å²) in [6.45, 7) is 0. The summed E-state index contributed by atoms with van der Waals surface area (Å²) in [5.41, 5.74) is 1.40. The zero-order valence-corrected chi connectivity index (χ0v) is 8.71. The van der Waals surface area contributed by atoms with Crippen LogP contribution in [0.25, 0.3) is 11.0 Å². The number of aromatic nitrogens is 3. The Bertz CT molecular complexity index is 519. The first-order valence-corrected chi connectivity index (χ1v) is 5.33. The molecule has 2 aromatic rings. The van der Waals surface area contributed by atoms with Gasteiger partial charge in [-0.3, -0.25) is 0 Å². The van der Waals surface area contributed by atoms with Crippen molar-refractivity contribution in [2.24, 2.45) is 0 Å². The van der Waals surface area contributed by atoms with Gasteiger partial charge in [-0.1, -0.05) is 16.8 Å². The van der Waals surface area contributed by atoms with E-state index in [2.05, 4.69) is 10.3 Å². The SMILES string of the molecule is Fc1cc2nnn(C3CCC3)c2cc1Cl. The van der Waals surface area contributed by atoms with Crippen LogP contribution >= 0.6 is 11.6 Å². The topological polar surface area (TPSA) is 30.7 Å². The predicted molar refractivity (Wildman–Crippen MR) is 55.4 cm³/mol. The minimum absolute atomic E-state index is 0.130. The highest BCUT2D eigenvalue weighted by molar-refractivity contribution is 6.31. The standard InChI is InChI=1S/C10H9ClFN3/c11-7-4-10-9(5-8(7)12)13-14-15(10)6-2-1-3-6/h4-6H,1-3H2. The molecule has 1 aliphatic rings. The van der Waals surface area contributed by atoms with Gasteiger partial charge in [0.25, 0.3) is 0 Å². The van der Waals surface area contributed by atoms with E-state index in [9.17, 15) is 4.39 Å². The maximum atomic E-state index is 13.1. The minimum Gasteiger partial charge on any atom is -0.242 e. The summed E-state index contributed by atoms with van der Waals surface area (Å²) in [7, 11) is 0. The molecule has 0 N–H and O–H groups in total. The van der Waals surface area contributed by atoms with Crippen molar-refractivity contribution in [2.45, 2.75) is 25.3 Å². The van der Waals surface area contributed by atoms with E-state index < -0.39 is 5.82 Å². The molecule has 15 heavy (non-hydrogen) atoms. The summed E-state index contributed by atoms with van der Waals surface area (Å²) in [5.74, 6) is -0.440. The lowest BCUT2D eigenvalue weighted by Crippen LogP contribution is -2.18. The van der Waals surface area contributed by atoms with Gasteiger partial charge in [-0.15, -0.1) is 5.10 Å². The van der Waals surface area contributed by atoms with Crippen molar-refractivity contribution in [3.8, 4) is 0 Å². The van der Waals surface area contributed by atoms with Gasteiger partial charge in [-0.25, -0.2) is 9.07 Å². The number of benzene rings is 1. The van der Waals surface area contributed by atoms with E-state index in [4.69, 9.17) is 11.6 Å². The van der Waals surface area contributed by atoms with E-state index in [0.29, 0.717) is 11.6 Å². The molecule has 1 aliphatic carbocycles. The molecular formula is C10H9ClFN3. The van der Waals surface area contributed by atoms with Gasteiger partial charge in [0.15, 0.2) is 0 Å². The quantitative estimate of drug-likeness (QED) is 0.747. The summed E-state index contributed by atoms with van der Waals surface area (Å²) in [5, 5.41) is 8.11. The van der Waals surface area contributed by atoms with Gasteiger partial charge in [0.2, 0.25) is 0 Å². The van der Waals surface area contributed by atoms with Crippen LogP contribution in [0.2, 0.25) is 5.02 Å². The summed E-state index contributed by atoms with van der Waals surface area (Å²) in [6.07, 6.45) is 3.46. The van der Waals surface area contributed by atoms with Gasteiger partial charge in [0.05, 0.1) is 16.6 Å².